The van der Waals surface area contributed by atoms with Gasteiger partial charge in [0.15, 0.2) is 0 Å². The van der Waals surface area contributed by atoms with E-state index in [4.69, 9.17) is 0 Å². The molecular formula is C17H18N2O2. The van der Waals surface area contributed by atoms with Gasteiger partial charge in [0.25, 0.3) is 5.91 Å². The molecule has 0 fully saturated rings. The van der Waals surface area contributed by atoms with Crippen LogP contribution in [0.15, 0.2) is 42.5 Å². The lowest BCUT2D eigenvalue weighted by Crippen LogP contribution is -2.23. The van der Waals surface area contributed by atoms with Crippen LogP contribution in [-0.2, 0) is 13.0 Å². The summed E-state index contributed by atoms with van der Waals surface area (Å²) in [6.07, 6.45) is 2.12. The Hall–Kier alpha value is -2.49. The lowest BCUT2D eigenvalue weighted by molar-refractivity contribution is 0.0951. The Kier molecular flexibility index (Phi) is 3.77. The molecule has 2 aromatic carbocycles. The van der Waals surface area contributed by atoms with Crippen LogP contribution in [0.3, 0.4) is 0 Å². The van der Waals surface area contributed by atoms with Crippen LogP contribution in [0.4, 0.5) is 5.69 Å². The van der Waals surface area contributed by atoms with Crippen LogP contribution in [0.5, 0.6) is 5.75 Å². The first kappa shape index (κ1) is 13.5. The van der Waals surface area contributed by atoms with E-state index in [0.29, 0.717) is 12.1 Å². The van der Waals surface area contributed by atoms with Crippen molar-refractivity contribution in [3.05, 3.63) is 59.2 Å². The van der Waals surface area contributed by atoms with Crippen molar-refractivity contribution in [3.8, 4) is 5.75 Å². The van der Waals surface area contributed by atoms with Gasteiger partial charge < -0.3 is 15.7 Å². The number of hydrogen-bond acceptors (Lipinski definition) is 3. The highest BCUT2D eigenvalue weighted by Crippen LogP contribution is 2.22. The van der Waals surface area contributed by atoms with Crippen molar-refractivity contribution in [3.63, 3.8) is 0 Å². The van der Waals surface area contributed by atoms with E-state index in [1.807, 2.05) is 18.2 Å². The third-order valence-corrected chi connectivity index (χ3v) is 3.70. The molecule has 1 aliphatic heterocycles. The first-order valence-electron chi connectivity index (χ1n) is 7.15. The van der Waals surface area contributed by atoms with E-state index in [9.17, 15) is 9.90 Å². The van der Waals surface area contributed by atoms with E-state index >= 15 is 0 Å². The van der Waals surface area contributed by atoms with Crippen molar-refractivity contribution < 1.29 is 9.90 Å². The van der Waals surface area contributed by atoms with Crippen LogP contribution >= 0.6 is 0 Å². The Balaban J connectivity index is 1.66. The predicted molar refractivity (Wildman–Crippen MR) is 82.5 cm³/mol. The summed E-state index contributed by atoms with van der Waals surface area (Å²) >= 11 is 0. The summed E-state index contributed by atoms with van der Waals surface area (Å²) in [6.45, 7) is 1.45. The second-order valence-corrected chi connectivity index (χ2v) is 5.25. The number of rotatable bonds is 3. The highest BCUT2D eigenvalue weighted by molar-refractivity contribution is 5.94. The van der Waals surface area contributed by atoms with Gasteiger partial charge in [-0.25, -0.2) is 0 Å². The summed E-state index contributed by atoms with van der Waals surface area (Å²) in [5, 5.41) is 15.5. The second kappa shape index (κ2) is 5.87. The lowest BCUT2D eigenvalue weighted by Gasteiger charge is -2.18. The number of phenols is 1. The number of carbonyl (C=O) groups is 1. The molecule has 21 heavy (non-hydrogen) atoms. The molecule has 0 bridgehead atoms. The largest absolute Gasteiger partial charge is 0.508 e. The number of aryl methyl sites for hydroxylation is 1. The molecule has 1 aliphatic rings. The highest BCUT2D eigenvalue weighted by atomic mass is 16.3. The maximum absolute atomic E-state index is 12.2. The maximum atomic E-state index is 12.2. The van der Waals surface area contributed by atoms with Crippen molar-refractivity contribution in [1.82, 2.24) is 5.32 Å². The molecule has 1 heterocycles. The zero-order valence-electron chi connectivity index (χ0n) is 11.7. The van der Waals surface area contributed by atoms with Gasteiger partial charge in [-0.3, -0.25) is 4.79 Å². The Morgan fingerprint density at radius 1 is 1.19 bits per heavy atom. The van der Waals surface area contributed by atoms with Gasteiger partial charge in [0, 0.05) is 24.3 Å². The molecule has 3 N–H and O–H groups in total. The fraction of sp³-hybridized carbons (Fsp3) is 0.235. The molecule has 4 heteroatoms. The topological polar surface area (TPSA) is 61.4 Å². The van der Waals surface area contributed by atoms with Gasteiger partial charge in [0.05, 0.1) is 0 Å². The zero-order valence-corrected chi connectivity index (χ0v) is 11.7. The quantitative estimate of drug-likeness (QED) is 0.811. The molecule has 4 nitrogen and oxygen atoms in total. The number of benzene rings is 2. The number of fused-ring (bicyclic) bond motifs is 1. The van der Waals surface area contributed by atoms with Crippen LogP contribution in [-0.4, -0.2) is 17.6 Å². The molecule has 0 aliphatic carbocycles. The minimum atomic E-state index is -0.0727. The molecule has 0 saturated carbocycles. The van der Waals surface area contributed by atoms with E-state index in [1.165, 1.54) is 5.56 Å². The van der Waals surface area contributed by atoms with Crippen LogP contribution in [0, 0.1) is 0 Å². The third kappa shape index (κ3) is 3.16. The van der Waals surface area contributed by atoms with Gasteiger partial charge in [-0.05, 0) is 54.3 Å². The van der Waals surface area contributed by atoms with Gasteiger partial charge in [0.1, 0.15) is 5.75 Å². The fourth-order valence-electron chi connectivity index (χ4n) is 2.51. The SMILES string of the molecule is O=C(NCc1ccc(O)cc1)c1ccc2c(c1)CCCN2. The molecule has 108 valence electrons. The summed E-state index contributed by atoms with van der Waals surface area (Å²) in [7, 11) is 0. The number of aromatic hydroxyl groups is 1. The van der Waals surface area contributed by atoms with Crippen molar-refractivity contribution in [2.24, 2.45) is 0 Å². The minimum Gasteiger partial charge on any atom is -0.508 e. The van der Waals surface area contributed by atoms with Gasteiger partial charge in [-0.15, -0.1) is 0 Å². The van der Waals surface area contributed by atoms with Gasteiger partial charge >= 0.3 is 0 Å². The first-order chi connectivity index (χ1) is 10.2. The number of nitrogens with one attached hydrogen (secondary N) is 2. The summed E-state index contributed by atoms with van der Waals surface area (Å²) in [4.78, 5) is 12.2. The van der Waals surface area contributed by atoms with E-state index in [0.717, 1.165) is 30.6 Å². The number of carbonyl (C=O) groups excluding carboxylic acids is 1. The molecule has 2 aromatic rings. The summed E-state index contributed by atoms with van der Waals surface area (Å²) in [5.41, 5.74) is 3.99. The lowest BCUT2D eigenvalue weighted by atomic mass is 10.0. The first-order valence-corrected chi connectivity index (χ1v) is 7.15. The number of phenolic OH excluding ortho intramolecular Hbond substituents is 1. The molecule has 0 unspecified atom stereocenters. The van der Waals surface area contributed by atoms with Gasteiger partial charge in [-0.2, -0.15) is 0 Å². The summed E-state index contributed by atoms with van der Waals surface area (Å²) in [6, 6.07) is 12.6. The molecule has 3 rings (SSSR count). The molecule has 1 amide bonds. The van der Waals surface area contributed by atoms with Crippen molar-refractivity contribution in [2.45, 2.75) is 19.4 Å². The third-order valence-electron chi connectivity index (χ3n) is 3.70. The average Bonchev–Trinajstić information content (AvgIpc) is 2.53. The zero-order chi connectivity index (χ0) is 14.7. The monoisotopic (exact) mass is 282 g/mol. The molecule has 0 atom stereocenters. The smallest absolute Gasteiger partial charge is 0.251 e. The van der Waals surface area contributed by atoms with Crippen molar-refractivity contribution >= 4 is 11.6 Å². The number of hydrogen-bond donors (Lipinski definition) is 3. The molecule has 0 radical (unpaired) electrons. The predicted octanol–water partition coefficient (Wildman–Crippen LogP) is 2.68. The van der Waals surface area contributed by atoms with Crippen LogP contribution in [0.2, 0.25) is 0 Å². The van der Waals surface area contributed by atoms with E-state index in [1.54, 1.807) is 24.3 Å². The summed E-state index contributed by atoms with van der Waals surface area (Å²) in [5.74, 6) is 0.156. The molecular weight excluding hydrogens is 264 g/mol. The van der Waals surface area contributed by atoms with Gasteiger partial charge in [-0.1, -0.05) is 12.1 Å². The van der Waals surface area contributed by atoms with Crippen LogP contribution in [0.25, 0.3) is 0 Å². The standard InChI is InChI=1S/C17H18N2O2/c20-15-6-3-12(4-7-15)11-19-17(21)14-5-8-16-13(10-14)2-1-9-18-16/h3-8,10,18,20H,1-2,9,11H2,(H,19,21). The maximum Gasteiger partial charge on any atom is 0.251 e. The van der Waals surface area contributed by atoms with E-state index in [2.05, 4.69) is 10.6 Å². The highest BCUT2D eigenvalue weighted by Gasteiger charge is 2.12. The van der Waals surface area contributed by atoms with Crippen molar-refractivity contribution in [1.29, 1.82) is 0 Å². The fourth-order valence-corrected chi connectivity index (χ4v) is 2.51. The molecule has 0 saturated heterocycles. The Labute approximate surface area is 123 Å². The molecule has 0 aromatic heterocycles. The Morgan fingerprint density at radius 3 is 2.81 bits per heavy atom. The summed E-state index contributed by atoms with van der Waals surface area (Å²) < 4.78 is 0. The average molecular weight is 282 g/mol. The molecule has 0 spiro atoms. The van der Waals surface area contributed by atoms with Gasteiger partial charge in [0.2, 0.25) is 0 Å². The Bertz CT molecular complexity index is 650. The van der Waals surface area contributed by atoms with Crippen molar-refractivity contribution in [2.75, 3.05) is 11.9 Å². The number of anilines is 1. The van der Waals surface area contributed by atoms with E-state index < -0.39 is 0 Å². The minimum absolute atomic E-state index is 0.0727. The Morgan fingerprint density at radius 2 is 2.00 bits per heavy atom. The van der Waals surface area contributed by atoms with E-state index in [-0.39, 0.29) is 11.7 Å². The second-order valence-electron chi connectivity index (χ2n) is 5.25. The number of amides is 1. The van der Waals surface area contributed by atoms with Crippen LogP contribution < -0.4 is 10.6 Å². The van der Waals surface area contributed by atoms with Crippen LogP contribution in [0.1, 0.15) is 27.9 Å². The normalized spacial score (nSPS) is 13.1.